The van der Waals surface area contributed by atoms with E-state index < -0.39 is 0 Å². The molecule has 3 rings (SSSR count). The minimum Gasteiger partial charge on any atom is -0.349 e. The number of carbonyl (C=O) groups excluding carboxylic acids is 1. The summed E-state index contributed by atoms with van der Waals surface area (Å²) in [6.45, 7) is 0.479. The van der Waals surface area contributed by atoms with Gasteiger partial charge in [-0.2, -0.15) is 0 Å². The largest absolute Gasteiger partial charge is 0.349 e. The summed E-state index contributed by atoms with van der Waals surface area (Å²) in [5.74, 6) is 0.0255. The molecule has 19 heavy (non-hydrogen) atoms. The molecule has 0 unspecified atom stereocenters. The van der Waals surface area contributed by atoms with Gasteiger partial charge in [0.2, 0.25) is 0 Å². The second-order valence-corrected chi connectivity index (χ2v) is 5.09. The van der Waals surface area contributed by atoms with Gasteiger partial charge in [0.1, 0.15) is 5.82 Å². The van der Waals surface area contributed by atoms with Gasteiger partial charge in [0, 0.05) is 36.5 Å². The third-order valence-electron chi connectivity index (χ3n) is 3.67. The van der Waals surface area contributed by atoms with Crippen LogP contribution in [0.2, 0.25) is 0 Å². The molecule has 1 aromatic carbocycles. The minimum atomic E-state index is -0.197. The maximum atomic E-state index is 13.6. The zero-order valence-electron chi connectivity index (χ0n) is 10.7. The molecule has 0 atom stereocenters. The van der Waals surface area contributed by atoms with E-state index in [1.165, 1.54) is 6.07 Å². The van der Waals surface area contributed by atoms with Crippen molar-refractivity contribution in [3.8, 4) is 0 Å². The van der Waals surface area contributed by atoms with Gasteiger partial charge in [-0.25, -0.2) is 4.39 Å². The summed E-state index contributed by atoms with van der Waals surface area (Å²) < 4.78 is 15.5. The van der Waals surface area contributed by atoms with Crippen LogP contribution in [0.25, 0.3) is 0 Å². The highest BCUT2D eigenvalue weighted by Crippen LogP contribution is 2.22. The molecule has 2 nitrogen and oxygen atoms in total. The van der Waals surface area contributed by atoms with Crippen LogP contribution in [0.4, 0.5) is 4.39 Å². The Labute approximate surface area is 111 Å². The van der Waals surface area contributed by atoms with Crippen LogP contribution in [0, 0.1) is 5.82 Å². The van der Waals surface area contributed by atoms with E-state index in [0.717, 1.165) is 30.4 Å². The Morgan fingerprint density at radius 2 is 1.89 bits per heavy atom. The molecular formula is C16H16FNO. The summed E-state index contributed by atoms with van der Waals surface area (Å²) in [6, 6.07) is 6.77. The summed E-state index contributed by atoms with van der Waals surface area (Å²) >= 11 is 0. The van der Waals surface area contributed by atoms with Crippen LogP contribution >= 0.6 is 0 Å². The maximum Gasteiger partial charge on any atom is 0.164 e. The number of halogens is 1. The fourth-order valence-electron chi connectivity index (χ4n) is 2.66. The first kappa shape index (κ1) is 12.2. The number of carbonyl (C=O) groups is 1. The van der Waals surface area contributed by atoms with Crippen LogP contribution in [0.15, 0.2) is 36.7 Å². The smallest absolute Gasteiger partial charge is 0.164 e. The Morgan fingerprint density at radius 3 is 2.74 bits per heavy atom. The van der Waals surface area contributed by atoms with Gasteiger partial charge in [0.05, 0.1) is 0 Å². The highest BCUT2D eigenvalue weighted by molar-refractivity contribution is 5.97. The Hall–Kier alpha value is -1.90. The molecule has 2 aromatic rings. The van der Waals surface area contributed by atoms with Crippen LogP contribution in [0.1, 0.15) is 40.7 Å². The Kier molecular flexibility index (Phi) is 3.20. The van der Waals surface area contributed by atoms with Crippen LogP contribution in [0.5, 0.6) is 0 Å². The van der Waals surface area contributed by atoms with E-state index in [0.29, 0.717) is 18.5 Å². The van der Waals surface area contributed by atoms with E-state index in [2.05, 4.69) is 0 Å². The predicted octanol–water partition coefficient (Wildman–Crippen LogP) is 3.58. The SMILES string of the molecule is O=C1CCCCc2cn(Cc3ccccc3F)cc21. The van der Waals surface area contributed by atoms with Gasteiger partial charge in [-0.05, 0) is 30.9 Å². The summed E-state index contributed by atoms with van der Waals surface area (Å²) in [7, 11) is 0. The normalized spacial score (nSPS) is 15.1. The van der Waals surface area contributed by atoms with Crippen LogP contribution in [-0.2, 0) is 13.0 Å². The van der Waals surface area contributed by atoms with Crippen molar-refractivity contribution in [2.45, 2.75) is 32.2 Å². The molecule has 0 amide bonds. The Morgan fingerprint density at radius 1 is 1.11 bits per heavy atom. The van der Waals surface area contributed by atoms with Gasteiger partial charge in [-0.15, -0.1) is 0 Å². The average molecular weight is 257 g/mol. The Bertz CT molecular complexity index is 615. The second-order valence-electron chi connectivity index (χ2n) is 5.09. The van der Waals surface area contributed by atoms with Crippen molar-refractivity contribution < 1.29 is 9.18 Å². The third kappa shape index (κ3) is 2.46. The lowest BCUT2D eigenvalue weighted by molar-refractivity contribution is 0.0982. The van der Waals surface area contributed by atoms with E-state index in [1.807, 2.05) is 23.0 Å². The topological polar surface area (TPSA) is 22.0 Å². The summed E-state index contributed by atoms with van der Waals surface area (Å²) in [5.41, 5.74) is 2.59. The van der Waals surface area contributed by atoms with E-state index in [9.17, 15) is 9.18 Å². The number of aromatic nitrogens is 1. The molecule has 0 saturated heterocycles. The molecule has 1 heterocycles. The molecule has 0 spiro atoms. The number of nitrogens with zero attached hydrogens (tertiary/aromatic N) is 1. The number of rotatable bonds is 2. The van der Waals surface area contributed by atoms with Crippen molar-refractivity contribution in [2.24, 2.45) is 0 Å². The van der Waals surface area contributed by atoms with Crippen LogP contribution < -0.4 is 0 Å². The predicted molar refractivity (Wildman–Crippen MR) is 71.8 cm³/mol. The van der Waals surface area contributed by atoms with Gasteiger partial charge >= 0.3 is 0 Å². The molecule has 1 aliphatic rings. The van der Waals surface area contributed by atoms with E-state index in [4.69, 9.17) is 0 Å². The first-order valence-electron chi connectivity index (χ1n) is 6.69. The molecule has 0 fully saturated rings. The van der Waals surface area contributed by atoms with Gasteiger partial charge in [0.25, 0.3) is 0 Å². The van der Waals surface area contributed by atoms with E-state index >= 15 is 0 Å². The number of hydrogen-bond acceptors (Lipinski definition) is 1. The van der Waals surface area contributed by atoms with Gasteiger partial charge < -0.3 is 4.57 Å². The van der Waals surface area contributed by atoms with Crippen molar-refractivity contribution >= 4 is 5.78 Å². The van der Waals surface area contributed by atoms with E-state index in [-0.39, 0.29) is 11.6 Å². The molecule has 0 N–H and O–H groups in total. The van der Waals surface area contributed by atoms with Crippen molar-refractivity contribution in [1.29, 1.82) is 0 Å². The monoisotopic (exact) mass is 257 g/mol. The quantitative estimate of drug-likeness (QED) is 0.754. The van der Waals surface area contributed by atoms with Crippen LogP contribution in [0.3, 0.4) is 0 Å². The van der Waals surface area contributed by atoms with Crippen molar-refractivity contribution in [1.82, 2.24) is 4.57 Å². The first-order valence-corrected chi connectivity index (χ1v) is 6.69. The number of hydrogen-bond donors (Lipinski definition) is 0. The molecule has 0 aliphatic heterocycles. The number of Topliss-reactive ketones (excluding diaryl/α,β-unsaturated/α-hetero) is 1. The lowest BCUT2D eigenvalue weighted by Crippen LogP contribution is -2.00. The standard InChI is InChI=1S/C16H16FNO/c17-15-7-3-1-6-13(15)10-18-9-12-5-2-4-8-16(19)14(12)11-18/h1,3,6-7,9,11H,2,4-5,8,10H2. The van der Waals surface area contributed by atoms with Crippen molar-refractivity contribution in [3.63, 3.8) is 0 Å². The first-order chi connectivity index (χ1) is 9.24. The van der Waals surface area contributed by atoms with Crippen molar-refractivity contribution in [2.75, 3.05) is 0 Å². The van der Waals surface area contributed by atoms with Crippen LogP contribution in [-0.4, -0.2) is 10.4 Å². The van der Waals surface area contributed by atoms with Gasteiger partial charge in [0.15, 0.2) is 5.78 Å². The average Bonchev–Trinajstić information content (AvgIpc) is 2.73. The molecule has 0 bridgehead atoms. The lowest BCUT2D eigenvalue weighted by atomic mass is 10.1. The zero-order chi connectivity index (χ0) is 13.2. The molecule has 1 aromatic heterocycles. The highest BCUT2D eigenvalue weighted by atomic mass is 19.1. The third-order valence-corrected chi connectivity index (χ3v) is 3.67. The number of aryl methyl sites for hydroxylation is 1. The number of benzene rings is 1. The minimum absolute atomic E-state index is 0.197. The fraction of sp³-hybridized carbons (Fsp3) is 0.312. The van der Waals surface area contributed by atoms with E-state index in [1.54, 1.807) is 12.1 Å². The highest BCUT2D eigenvalue weighted by Gasteiger charge is 2.17. The summed E-state index contributed by atoms with van der Waals surface area (Å²) in [4.78, 5) is 12.0. The molecule has 0 radical (unpaired) electrons. The number of fused-ring (bicyclic) bond motifs is 1. The number of ketones is 1. The van der Waals surface area contributed by atoms with Gasteiger partial charge in [-0.1, -0.05) is 18.2 Å². The summed E-state index contributed by atoms with van der Waals surface area (Å²) in [5, 5.41) is 0. The fourth-order valence-corrected chi connectivity index (χ4v) is 2.66. The molecular weight excluding hydrogens is 241 g/mol. The molecule has 98 valence electrons. The van der Waals surface area contributed by atoms with Gasteiger partial charge in [-0.3, -0.25) is 4.79 Å². The maximum absolute atomic E-state index is 13.6. The molecule has 3 heteroatoms. The second kappa shape index (κ2) is 5.00. The lowest BCUT2D eigenvalue weighted by Gasteiger charge is -2.04. The molecule has 0 saturated carbocycles. The Balaban J connectivity index is 1.89. The molecule has 1 aliphatic carbocycles. The zero-order valence-corrected chi connectivity index (χ0v) is 10.7. The van der Waals surface area contributed by atoms with Crippen molar-refractivity contribution in [3.05, 3.63) is 59.2 Å². The summed E-state index contributed by atoms with van der Waals surface area (Å²) in [6.07, 6.45) is 7.48.